The summed E-state index contributed by atoms with van der Waals surface area (Å²) in [5.41, 5.74) is -0.624. The Morgan fingerprint density at radius 2 is 1.67 bits per heavy atom. The van der Waals surface area contributed by atoms with Crippen molar-refractivity contribution in [1.82, 2.24) is 10.2 Å². The first-order valence-electron chi connectivity index (χ1n) is 6.75. The molecule has 0 aliphatic carbocycles. The van der Waals surface area contributed by atoms with E-state index in [4.69, 9.17) is 0 Å². The van der Waals surface area contributed by atoms with Crippen molar-refractivity contribution in [2.24, 2.45) is 0 Å². The van der Waals surface area contributed by atoms with Gasteiger partial charge in [0.05, 0.1) is 0 Å². The van der Waals surface area contributed by atoms with E-state index in [0.717, 1.165) is 25.2 Å². The molecule has 5 nitrogen and oxygen atoms in total. The number of para-hydroxylation sites is 1. The SMILES string of the molecule is CCN(CC)CCNC(=O)C(=O)Nc1c(F)cccc1F. The molecule has 0 radical (unpaired) electrons. The molecule has 0 saturated heterocycles. The summed E-state index contributed by atoms with van der Waals surface area (Å²) in [5.74, 6) is -3.89. The summed E-state index contributed by atoms with van der Waals surface area (Å²) in [6.07, 6.45) is 0. The molecule has 116 valence electrons. The molecule has 2 N–H and O–H groups in total. The minimum absolute atomic E-state index is 0.285. The Labute approximate surface area is 122 Å². The molecule has 0 heterocycles. The maximum Gasteiger partial charge on any atom is 0.313 e. The van der Waals surface area contributed by atoms with Gasteiger partial charge in [-0.2, -0.15) is 0 Å². The van der Waals surface area contributed by atoms with Gasteiger partial charge in [0.1, 0.15) is 17.3 Å². The number of amides is 2. The molecule has 1 aromatic carbocycles. The summed E-state index contributed by atoms with van der Waals surface area (Å²) in [6, 6.07) is 3.17. The first-order chi connectivity index (χ1) is 9.99. The Morgan fingerprint density at radius 1 is 1.10 bits per heavy atom. The summed E-state index contributed by atoms with van der Waals surface area (Å²) < 4.78 is 26.7. The van der Waals surface area contributed by atoms with E-state index >= 15 is 0 Å². The smallest absolute Gasteiger partial charge is 0.313 e. The summed E-state index contributed by atoms with van der Waals surface area (Å²) in [4.78, 5) is 25.2. The van der Waals surface area contributed by atoms with Crippen LogP contribution in [0.1, 0.15) is 13.8 Å². The van der Waals surface area contributed by atoms with Crippen LogP contribution in [-0.2, 0) is 9.59 Å². The average molecular weight is 299 g/mol. The highest BCUT2D eigenvalue weighted by Gasteiger charge is 2.17. The lowest BCUT2D eigenvalue weighted by Crippen LogP contribution is -2.40. The van der Waals surface area contributed by atoms with Crippen molar-refractivity contribution in [3.05, 3.63) is 29.8 Å². The Balaban J connectivity index is 2.50. The number of hydrogen-bond acceptors (Lipinski definition) is 3. The van der Waals surface area contributed by atoms with Gasteiger partial charge in [-0.15, -0.1) is 0 Å². The molecule has 0 unspecified atom stereocenters. The lowest BCUT2D eigenvalue weighted by Gasteiger charge is -2.17. The van der Waals surface area contributed by atoms with Crippen LogP contribution in [0, 0.1) is 11.6 Å². The molecular weight excluding hydrogens is 280 g/mol. The topological polar surface area (TPSA) is 61.4 Å². The fourth-order valence-corrected chi connectivity index (χ4v) is 1.74. The second-order valence-corrected chi connectivity index (χ2v) is 4.33. The highest BCUT2D eigenvalue weighted by molar-refractivity contribution is 6.39. The lowest BCUT2D eigenvalue weighted by molar-refractivity contribution is -0.136. The molecule has 1 rings (SSSR count). The second kappa shape index (κ2) is 8.31. The van der Waals surface area contributed by atoms with E-state index in [1.54, 1.807) is 0 Å². The molecule has 2 amide bonds. The van der Waals surface area contributed by atoms with Crippen LogP contribution in [0.4, 0.5) is 14.5 Å². The van der Waals surface area contributed by atoms with E-state index in [9.17, 15) is 18.4 Å². The normalized spacial score (nSPS) is 10.5. The largest absolute Gasteiger partial charge is 0.347 e. The van der Waals surface area contributed by atoms with Crippen molar-refractivity contribution >= 4 is 17.5 Å². The third-order valence-corrected chi connectivity index (χ3v) is 3.02. The Morgan fingerprint density at radius 3 is 2.19 bits per heavy atom. The van der Waals surface area contributed by atoms with Crippen molar-refractivity contribution in [2.75, 3.05) is 31.5 Å². The monoisotopic (exact) mass is 299 g/mol. The number of anilines is 1. The van der Waals surface area contributed by atoms with Crippen LogP contribution < -0.4 is 10.6 Å². The van der Waals surface area contributed by atoms with Crippen molar-refractivity contribution in [3.63, 3.8) is 0 Å². The fourth-order valence-electron chi connectivity index (χ4n) is 1.74. The Hall–Kier alpha value is -2.02. The average Bonchev–Trinajstić information content (AvgIpc) is 2.47. The highest BCUT2D eigenvalue weighted by Crippen LogP contribution is 2.17. The van der Waals surface area contributed by atoms with Gasteiger partial charge in [-0.05, 0) is 25.2 Å². The molecule has 0 aliphatic heterocycles. The van der Waals surface area contributed by atoms with Crippen LogP contribution >= 0.6 is 0 Å². The first kappa shape index (κ1) is 17.0. The van der Waals surface area contributed by atoms with Gasteiger partial charge in [-0.25, -0.2) is 8.78 Å². The zero-order valence-electron chi connectivity index (χ0n) is 12.1. The zero-order chi connectivity index (χ0) is 15.8. The number of halogens is 2. The molecule has 0 atom stereocenters. The van der Waals surface area contributed by atoms with Crippen molar-refractivity contribution in [1.29, 1.82) is 0 Å². The maximum atomic E-state index is 13.3. The van der Waals surface area contributed by atoms with Crippen molar-refractivity contribution in [3.8, 4) is 0 Å². The van der Waals surface area contributed by atoms with Crippen LogP contribution in [0.2, 0.25) is 0 Å². The third kappa shape index (κ3) is 5.11. The molecule has 0 aromatic heterocycles. The third-order valence-electron chi connectivity index (χ3n) is 3.02. The second-order valence-electron chi connectivity index (χ2n) is 4.33. The standard InChI is InChI=1S/C14H19F2N3O2/c1-3-19(4-2)9-8-17-13(20)14(21)18-12-10(15)6-5-7-11(12)16/h5-7H,3-4,8-9H2,1-2H3,(H,17,20)(H,18,21). The maximum absolute atomic E-state index is 13.3. The quantitative estimate of drug-likeness (QED) is 0.780. The van der Waals surface area contributed by atoms with Gasteiger partial charge in [0.15, 0.2) is 0 Å². The van der Waals surface area contributed by atoms with E-state index in [0.29, 0.717) is 6.54 Å². The van der Waals surface area contributed by atoms with Gasteiger partial charge in [0, 0.05) is 13.1 Å². The number of nitrogens with one attached hydrogen (secondary N) is 2. The molecule has 0 saturated carbocycles. The van der Waals surface area contributed by atoms with E-state index in [1.807, 2.05) is 19.2 Å². The first-order valence-corrected chi connectivity index (χ1v) is 6.75. The Bertz CT molecular complexity index is 485. The van der Waals surface area contributed by atoms with Gasteiger partial charge in [0.25, 0.3) is 0 Å². The van der Waals surface area contributed by atoms with E-state index in [1.165, 1.54) is 6.07 Å². The summed E-state index contributed by atoms with van der Waals surface area (Å²) in [5, 5.41) is 4.33. The van der Waals surface area contributed by atoms with Crippen molar-refractivity contribution in [2.45, 2.75) is 13.8 Å². The van der Waals surface area contributed by atoms with Gasteiger partial charge < -0.3 is 15.5 Å². The number of hydrogen-bond donors (Lipinski definition) is 2. The zero-order valence-corrected chi connectivity index (χ0v) is 12.1. The number of likely N-dealkylation sites (N-methyl/N-ethyl adjacent to an activating group) is 1. The highest BCUT2D eigenvalue weighted by atomic mass is 19.1. The van der Waals surface area contributed by atoms with Gasteiger partial charge >= 0.3 is 11.8 Å². The molecule has 0 fully saturated rings. The van der Waals surface area contributed by atoms with E-state index < -0.39 is 29.1 Å². The molecule has 0 aliphatic rings. The number of carbonyl (C=O) groups excluding carboxylic acids is 2. The van der Waals surface area contributed by atoms with Crippen molar-refractivity contribution < 1.29 is 18.4 Å². The van der Waals surface area contributed by atoms with Crippen LogP contribution in [0.3, 0.4) is 0 Å². The number of nitrogens with zero attached hydrogens (tertiary/aromatic N) is 1. The van der Waals surface area contributed by atoms with Gasteiger partial charge in [-0.3, -0.25) is 9.59 Å². The van der Waals surface area contributed by atoms with Crippen LogP contribution in [0.15, 0.2) is 18.2 Å². The summed E-state index contributed by atoms with van der Waals surface area (Å²) in [7, 11) is 0. The number of rotatable bonds is 6. The minimum Gasteiger partial charge on any atom is -0.347 e. The molecule has 7 heteroatoms. The molecule has 0 spiro atoms. The Kier molecular flexibility index (Phi) is 6.74. The molecule has 0 bridgehead atoms. The van der Waals surface area contributed by atoms with Gasteiger partial charge in [-0.1, -0.05) is 19.9 Å². The molecule has 21 heavy (non-hydrogen) atoms. The summed E-state index contributed by atoms with van der Waals surface area (Å²) in [6.45, 7) is 6.52. The molecular formula is C14H19F2N3O2. The summed E-state index contributed by atoms with van der Waals surface area (Å²) >= 11 is 0. The van der Waals surface area contributed by atoms with Gasteiger partial charge in [0.2, 0.25) is 0 Å². The predicted octanol–water partition coefficient (Wildman–Crippen LogP) is 1.36. The molecule has 1 aromatic rings. The fraction of sp³-hybridized carbons (Fsp3) is 0.429. The number of carbonyl (C=O) groups is 2. The van der Waals surface area contributed by atoms with E-state index in [2.05, 4.69) is 10.2 Å². The number of benzene rings is 1. The predicted molar refractivity (Wildman–Crippen MR) is 75.8 cm³/mol. The van der Waals surface area contributed by atoms with Crippen LogP contribution in [0.25, 0.3) is 0 Å². The lowest BCUT2D eigenvalue weighted by atomic mass is 10.3. The van der Waals surface area contributed by atoms with Crippen LogP contribution in [0.5, 0.6) is 0 Å². The van der Waals surface area contributed by atoms with E-state index in [-0.39, 0.29) is 6.54 Å². The minimum atomic E-state index is -1.10. The van der Waals surface area contributed by atoms with Crippen LogP contribution in [-0.4, -0.2) is 42.9 Å².